The van der Waals surface area contributed by atoms with Gasteiger partial charge in [0.25, 0.3) is 0 Å². The molecule has 0 bridgehead atoms. The van der Waals surface area contributed by atoms with E-state index in [0.29, 0.717) is 12.5 Å². The molecule has 0 aliphatic heterocycles. The van der Waals surface area contributed by atoms with Crippen LogP contribution >= 0.6 is 0 Å². The van der Waals surface area contributed by atoms with Crippen molar-refractivity contribution in [2.45, 2.75) is 26.2 Å². The predicted molar refractivity (Wildman–Crippen MR) is 130 cm³/mol. The van der Waals surface area contributed by atoms with Gasteiger partial charge in [0.05, 0.1) is 35.3 Å². The molecule has 0 amide bonds. The Labute approximate surface area is 191 Å². The zero-order chi connectivity index (χ0) is 23.0. The van der Waals surface area contributed by atoms with E-state index in [-0.39, 0.29) is 0 Å². The summed E-state index contributed by atoms with van der Waals surface area (Å²) in [5.41, 5.74) is 6.11. The van der Waals surface area contributed by atoms with Gasteiger partial charge in [-0.15, -0.1) is 0 Å². The molecule has 0 atom stereocenters. The molecular weight excluding hydrogens is 410 g/mol. The van der Waals surface area contributed by atoms with Gasteiger partial charge in [0, 0.05) is 34.2 Å². The quantitative estimate of drug-likeness (QED) is 0.365. The molecule has 3 heterocycles. The van der Waals surface area contributed by atoms with E-state index in [0.717, 1.165) is 49.8 Å². The Morgan fingerprint density at radius 2 is 1.70 bits per heavy atom. The van der Waals surface area contributed by atoms with Crippen LogP contribution in [0.25, 0.3) is 44.2 Å². The van der Waals surface area contributed by atoms with Crippen molar-refractivity contribution in [2.24, 2.45) is 0 Å². The molecule has 0 radical (unpaired) electrons. The number of hydrogen-bond donors (Lipinski definition) is 1. The molecule has 0 spiro atoms. The second-order valence-corrected chi connectivity index (χ2v) is 8.48. The molecule has 0 aliphatic carbocycles. The SMILES string of the molecule is CCOc1ccc(-c2ccc3ncc4[nH]nc(-c5ccc(C(C)(C)C#N)cc5)c4c3c2)cn1. The minimum absolute atomic E-state index is 0.538. The zero-order valence-electron chi connectivity index (χ0n) is 18.8. The minimum Gasteiger partial charge on any atom is -0.478 e. The average molecular weight is 434 g/mol. The second kappa shape index (κ2) is 8.03. The van der Waals surface area contributed by atoms with Crippen molar-refractivity contribution in [3.05, 3.63) is 72.6 Å². The average Bonchev–Trinajstić information content (AvgIpc) is 3.29. The van der Waals surface area contributed by atoms with E-state index in [1.54, 1.807) is 0 Å². The van der Waals surface area contributed by atoms with Crippen molar-refractivity contribution in [3.8, 4) is 34.3 Å². The fourth-order valence-electron chi connectivity index (χ4n) is 3.99. The number of pyridine rings is 2. The van der Waals surface area contributed by atoms with Crippen molar-refractivity contribution in [1.29, 1.82) is 5.26 Å². The molecule has 3 aromatic heterocycles. The van der Waals surface area contributed by atoms with Crippen molar-refractivity contribution in [3.63, 3.8) is 0 Å². The lowest BCUT2D eigenvalue weighted by Gasteiger charge is -2.15. The smallest absolute Gasteiger partial charge is 0.213 e. The summed E-state index contributed by atoms with van der Waals surface area (Å²) in [4.78, 5) is 9.00. The third kappa shape index (κ3) is 3.68. The highest BCUT2D eigenvalue weighted by Gasteiger charge is 2.20. The number of fused-ring (bicyclic) bond motifs is 3. The topological polar surface area (TPSA) is 87.5 Å². The van der Waals surface area contributed by atoms with Crippen LogP contribution in [0.1, 0.15) is 26.3 Å². The number of nitriles is 1. The van der Waals surface area contributed by atoms with E-state index in [4.69, 9.17) is 4.74 Å². The van der Waals surface area contributed by atoms with Gasteiger partial charge in [0.15, 0.2) is 0 Å². The van der Waals surface area contributed by atoms with Crippen LogP contribution in [0.3, 0.4) is 0 Å². The lowest BCUT2D eigenvalue weighted by molar-refractivity contribution is 0.327. The summed E-state index contributed by atoms with van der Waals surface area (Å²) < 4.78 is 5.46. The van der Waals surface area contributed by atoms with Crippen LogP contribution in [0.4, 0.5) is 0 Å². The first-order valence-electron chi connectivity index (χ1n) is 10.9. The number of rotatable bonds is 5. The number of hydrogen-bond acceptors (Lipinski definition) is 5. The molecule has 0 fully saturated rings. The summed E-state index contributed by atoms with van der Waals surface area (Å²) >= 11 is 0. The van der Waals surface area contributed by atoms with Crippen LogP contribution in [0.15, 0.2) is 67.0 Å². The Kier molecular flexibility index (Phi) is 5.02. The third-order valence-corrected chi connectivity index (χ3v) is 5.91. The van der Waals surface area contributed by atoms with Crippen LogP contribution in [0.5, 0.6) is 5.88 Å². The first-order chi connectivity index (χ1) is 16.0. The fourth-order valence-corrected chi connectivity index (χ4v) is 3.99. The Hall–Kier alpha value is -4.24. The molecule has 0 saturated heterocycles. The van der Waals surface area contributed by atoms with E-state index >= 15 is 0 Å². The van der Waals surface area contributed by atoms with Gasteiger partial charge in [-0.2, -0.15) is 10.4 Å². The highest BCUT2D eigenvalue weighted by molar-refractivity contribution is 6.11. The number of ether oxygens (including phenoxy) is 1. The first kappa shape index (κ1) is 20.7. The summed E-state index contributed by atoms with van der Waals surface area (Å²) in [6.45, 7) is 6.37. The van der Waals surface area contributed by atoms with E-state index in [9.17, 15) is 5.26 Å². The normalized spacial score (nSPS) is 11.6. The van der Waals surface area contributed by atoms with E-state index in [1.165, 1.54) is 0 Å². The maximum atomic E-state index is 9.44. The first-order valence-corrected chi connectivity index (χ1v) is 10.9. The molecule has 5 aromatic rings. The maximum absolute atomic E-state index is 9.44. The van der Waals surface area contributed by atoms with Gasteiger partial charge in [0.1, 0.15) is 5.69 Å². The van der Waals surface area contributed by atoms with Gasteiger partial charge < -0.3 is 4.74 Å². The van der Waals surface area contributed by atoms with Crippen LogP contribution in [-0.2, 0) is 5.41 Å². The molecule has 0 saturated carbocycles. The number of nitrogens with one attached hydrogen (secondary N) is 1. The van der Waals surface area contributed by atoms with E-state index < -0.39 is 5.41 Å². The molecule has 6 nitrogen and oxygen atoms in total. The van der Waals surface area contributed by atoms with E-state index in [1.807, 2.05) is 75.6 Å². The molecule has 162 valence electrons. The van der Waals surface area contributed by atoms with Gasteiger partial charge in [-0.05, 0) is 50.1 Å². The Balaban J connectivity index is 1.63. The molecule has 6 heteroatoms. The lowest BCUT2D eigenvalue weighted by atomic mass is 9.86. The largest absolute Gasteiger partial charge is 0.478 e. The second-order valence-electron chi connectivity index (χ2n) is 8.48. The summed E-state index contributed by atoms with van der Waals surface area (Å²) in [5, 5.41) is 19.2. The Morgan fingerprint density at radius 3 is 2.39 bits per heavy atom. The summed E-state index contributed by atoms with van der Waals surface area (Å²) in [7, 11) is 0. The Bertz CT molecular complexity index is 1490. The van der Waals surface area contributed by atoms with Crippen molar-refractivity contribution < 1.29 is 4.74 Å². The molecule has 1 N–H and O–H groups in total. The predicted octanol–water partition coefficient (Wildman–Crippen LogP) is 6.04. The fraction of sp³-hybridized carbons (Fsp3) is 0.185. The number of nitrogens with zero attached hydrogens (tertiary/aromatic N) is 4. The summed E-state index contributed by atoms with van der Waals surface area (Å²) in [5.74, 6) is 0.617. The summed E-state index contributed by atoms with van der Waals surface area (Å²) in [6.07, 6.45) is 3.64. The lowest BCUT2D eigenvalue weighted by Crippen LogP contribution is -2.13. The van der Waals surface area contributed by atoms with Crippen LogP contribution in [0, 0.1) is 11.3 Å². The van der Waals surface area contributed by atoms with Gasteiger partial charge in [0.2, 0.25) is 5.88 Å². The third-order valence-electron chi connectivity index (χ3n) is 5.91. The molecule has 33 heavy (non-hydrogen) atoms. The standard InChI is InChI=1S/C27H23N5O/c1-4-33-24-12-8-19(14-30-24)18-7-11-22-21(13-18)25-23(15-29-22)31-32-26(25)17-5-9-20(10-6-17)27(2,3)16-28/h5-15H,4H2,1-3H3,(H,31,32). The number of aromatic nitrogens is 4. The summed E-state index contributed by atoms with van der Waals surface area (Å²) in [6, 6.07) is 20.5. The molecule has 5 rings (SSSR count). The van der Waals surface area contributed by atoms with Gasteiger partial charge in [-0.3, -0.25) is 10.1 Å². The molecule has 2 aromatic carbocycles. The highest BCUT2D eigenvalue weighted by Crippen LogP contribution is 2.35. The van der Waals surface area contributed by atoms with Gasteiger partial charge >= 0.3 is 0 Å². The van der Waals surface area contributed by atoms with Crippen molar-refractivity contribution in [1.82, 2.24) is 20.2 Å². The maximum Gasteiger partial charge on any atom is 0.213 e. The number of benzene rings is 2. The van der Waals surface area contributed by atoms with Crippen LogP contribution in [-0.4, -0.2) is 26.8 Å². The van der Waals surface area contributed by atoms with E-state index in [2.05, 4.69) is 38.4 Å². The van der Waals surface area contributed by atoms with Gasteiger partial charge in [-0.1, -0.05) is 30.3 Å². The van der Waals surface area contributed by atoms with Crippen molar-refractivity contribution >= 4 is 21.8 Å². The molecule has 0 aliphatic rings. The Morgan fingerprint density at radius 1 is 0.939 bits per heavy atom. The molecule has 0 unspecified atom stereocenters. The molecular formula is C27H23N5O. The highest BCUT2D eigenvalue weighted by atomic mass is 16.5. The monoisotopic (exact) mass is 433 g/mol. The van der Waals surface area contributed by atoms with Crippen LogP contribution < -0.4 is 4.74 Å². The number of H-pyrrole nitrogens is 1. The van der Waals surface area contributed by atoms with Crippen LogP contribution in [0.2, 0.25) is 0 Å². The zero-order valence-corrected chi connectivity index (χ0v) is 18.8. The minimum atomic E-state index is -0.538. The van der Waals surface area contributed by atoms with Gasteiger partial charge in [-0.25, -0.2) is 4.98 Å². The van der Waals surface area contributed by atoms with Crippen molar-refractivity contribution in [2.75, 3.05) is 6.61 Å². The number of aromatic amines is 1.